The number of rotatable bonds is 7. The van der Waals surface area contributed by atoms with Crippen molar-refractivity contribution in [1.29, 1.82) is 0 Å². The van der Waals surface area contributed by atoms with E-state index in [-0.39, 0.29) is 5.91 Å². The van der Waals surface area contributed by atoms with Gasteiger partial charge < -0.3 is 10.6 Å². The van der Waals surface area contributed by atoms with Gasteiger partial charge in [-0.05, 0) is 30.5 Å². The molecular formula is C20H21N5O. The Kier molecular flexibility index (Phi) is 5.88. The van der Waals surface area contributed by atoms with Gasteiger partial charge >= 0.3 is 0 Å². The number of carbonyl (C=O) groups excluding carboxylic acids is 1. The topological polar surface area (TPSA) is 79.8 Å². The lowest BCUT2D eigenvalue weighted by molar-refractivity contribution is 0.0949. The summed E-state index contributed by atoms with van der Waals surface area (Å²) in [5.74, 6) is 0.972. The zero-order valence-electron chi connectivity index (χ0n) is 14.6. The van der Waals surface area contributed by atoms with Crippen molar-refractivity contribution >= 4 is 11.7 Å². The van der Waals surface area contributed by atoms with Crippen LogP contribution in [0.15, 0.2) is 60.9 Å². The standard InChI is InChI=1S/C20H21N5O/c1-15-24-18(20(26)22-11-9-16-6-3-2-4-7-16)12-19(25-15)23-14-17-8-5-10-21-13-17/h2-8,10,12-13H,9,11,14H2,1H3,(H,22,26)(H,23,24,25). The number of hydrogen-bond acceptors (Lipinski definition) is 5. The molecule has 1 aromatic carbocycles. The molecule has 3 aromatic rings. The first-order chi connectivity index (χ1) is 12.7. The highest BCUT2D eigenvalue weighted by Gasteiger charge is 2.10. The molecule has 0 bridgehead atoms. The fourth-order valence-electron chi connectivity index (χ4n) is 2.53. The van der Waals surface area contributed by atoms with Gasteiger partial charge in [0.05, 0.1) is 0 Å². The number of carbonyl (C=O) groups is 1. The van der Waals surface area contributed by atoms with Crippen molar-refractivity contribution in [2.45, 2.75) is 19.9 Å². The van der Waals surface area contributed by atoms with Crippen molar-refractivity contribution in [3.8, 4) is 0 Å². The van der Waals surface area contributed by atoms with Crippen LogP contribution in [0.5, 0.6) is 0 Å². The maximum absolute atomic E-state index is 12.4. The second kappa shape index (κ2) is 8.71. The van der Waals surface area contributed by atoms with Gasteiger partial charge in [-0.3, -0.25) is 9.78 Å². The van der Waals surface area contributed by atoms with Crippen molar-refractivity contribution in [3.63, 3.8) is 0 Å². The van der Waals surface area contributed by atoms with Crippen LogP contribution < -0.4 is 10.6 Å². The lowest BCUT2D eigenvalue weighted by Gasteiger charge is -2.09. The van der Waals surface area contributed by atoms with E-state index in [1.807, 2.05) is 42.5 Å². The molecule has 0 aliphatic carbocycles. The molecule has 6 heteroatoms. The number of nitrogens with zero attached hydrogens (tertiary/aromatic N) is 3. The van der Waals surface area contributed by atoms with Crippen molar-refractivity contribution in [2.24, 2.45) is 0 Å². The highest BCUT2D eigenvalue weighted by atomic mass is 16.1. The predicted molar refractivity (Wildman–Crippen MR) is 101 cm³/mol. The molecule has 0 saturated carbocycles. The molecule has 0 aliphatic heterocycles. The molecule has 3 rings (SSSR count). The Balaban J connectivity index is 1.58. The number of amides is 1. The van der Waals surface area contributed by atoms with E-state index in [1.54, 1.807) is 25.4 Å². The van der Waals surface area contributed by atoms with Gasteiger partial charge in [-0.1, -0.05) is 36.4 Å². The number of aryl methyl sites for hydroxylation is 1. The molecule has 0 radical (unpaired) electrons. The van der Waals surface area contributed by atoms with Crippen LogP contribution in [0.1, 0.15) is 27.4 Å². The average Bonchev–Trinajstić information content (AvgIpc) is 2.67. The molecule has 0 saturated heterocycles. The first kappa shape index (κ1) is 17.5. The number of anilines is 1. The van der Waals surface area contributed by atoms with Crippen LogP contribution in [0.25, 0.3) is 0 Å². The van der Waals surface area contributed by atoms with Crippen molar-refractivity contribution in [1.82, 2.24) is 20.3 Å². The molecular weight excluding hydrogens is 326 g/mol. The highest BCUT2D eigenvalue weighted by molar-refractivity contribution is 5.92. The fourth-order valence-corrected chi connectivity index (χ4v) is 2.53. The largest absolute Gasteiger partial charge is 0.366 e. The van der Waals surface area contributed by atoms with E-state index in [9.17, 15) is 4.79 Å². The third-order valence-corrected chi connectivity index (χ3v) is 3.81. The van der Waals surface area contributed by atoms with Crippen LogP contribution in [-0.4, -0.2) is 27.4 Å². The second-order valence-electron chi connectivity index (χ2n) is 5.89. The lowest BCUT2D eigenvalue weighted by Crippen LogP contribution is -2.27. The smallest absolute Gasteiger partial charge is 0.270 e. The summed E-state index contributed by atoms with van der Waals surface area (Å²) >= 11 is 0. The third-order valence-electron chi connectivity index (χ3n) is 3.81. The molecule has 0 atom stereocenters. The maximum Gasteiger partial charge on any atom is 0.270 e. The van der Waals surface area contributed by atoms with Crippen LogP contribution in [-0.2, 0) is 13.0 Å². The maximum atomic E-state index is 12.4. The van der Waals surface area contributed by atoms with E-state index in [2.05, 4.69) is 25.6 Å². The first-order valence-corrected chi connectivity index (χ1v) is 8.51. The number of hydrogen-bond donors (Lipinski definition) is 2. The van der Waals surface area contributed by atoms with E-state index in [1.165, 1.54) is 5.56 Å². The Morgan fingerprint density at radius 3 is 2.62 bits per heavy atom. The molecule has 26 heavy (non-hydrogen) atoms. The molecule has 2 heterocycles. The van der Waals surface area contributed by atoms with E-state index in [4.69, 9.17) is 0 Å². The lowest BCUT2D eigenvalue weighted by atomic mass is 10.1. The van der Waals surface area contributed by atoms with Gasteiger partial charge in [-0.2, -0.15) is 0 Å². The summed E-state index contributed by atoms with van der Waals surface area (Å²) in [6.07, 6.45) is 4.30. The van der Waals surface area contributed by atoms with Crippen LogP contribution in [0, 0.1) is 6.92 Å². The minimum atomic E-state index is -0.198. The van der Waals surface area contributed by atoms with E-state index >= 15 is 0 Å². The fraction of sp³-hybridized carbons (Fsp3) is 0.200. The molecule has 132 valence electrons. The zero-order chi connectivity index (χ0) is 18.2. The van der Waals surface area contributed by atoms with Gasteiger partial charge in [0.25, 0.3) is 5.91 Å². The number of nitrogens with one attached hydrogen (secondary N) is 2. The molecule has 0 unspecified atom stereocenters. The molecule has 0 fully saturated rings. The van der Waals surface area contributed by atoms with Gasteiger partial charge in [0.15, 0.2) is 0 Å². The normalized spacial score (nSPS) is 10.3. The molecule has 1 amide bonds. The van der Waals surface area contributed by atoms with Crippen molar-refractivity contribution < 1.29 is 4.79 Å². The molecule has 0 spiro atoms. The van der Waals surface area contributed by atoms with Gasteiger partial charge in [-0.25, -0.2) is 9.97 Å². The van der Waals surface area contributed by atoms with E-state index in [0.29, 0.717) is 30.4 Å². The number of pyridine rings is 1. The highest BCUT2D eigenvalue weighted by Crippen LogP contribution is 2.09. The Hall–Kier alpha value is -3.28. The third kappa shape index (κ3) is 5.11. The van der Waals surface area contributed by atoms with E-state index in [0.717, 1.165) is 12.0 Å². The van der Waals surface area contributed by atoms with Crippen LogP contribution in [0.4, 0.5) is 5.82 Å². The van der Waals surface area contributed by atoms with Crippen LogP contribution >= 0.6 is 0 Å². The minimum absolute atomic E-state index is 0.198. The number of benzene rings is 1. The molecule has 0 aliphatic rings. The Bertz CT molecular complexity index is 853. The summed E-state index contributed by atoms with van der Waals surface area (Å²) in [4.78, 5) is 25.0. The zero-order valence-corrected chi connectivity index (χ0v) is 14.6. The summed E-state index contributed by atoms with van der Waals surface area (Å²) < 4.78 is 0. The van der Waals surface area contributed by atoms with Crippen LogP contribution in [0.3, 0.4) is 0 Å². The Morgan fingerprint density at radius 2 is 1.85 bits per heavy atom. The SMILES string of the molecule is Cc1nc(NCc2cccnc2)cc(C(=O)NCCc2ccccc2)n1. The summed E-state index contributed by atoms with van der Waals surface area (Å²) in [6, 6.07) is 15.6. The summed E-state index contributed by atoms with van der Waals surface area (Å²) in [6.45, 7) is 2.92. The molecule has 2 aromatic heterocycles. The summed E-state index contributed by atoms with van der Waals surface area (Å²) in [7, 11) is 0. The van der Waals surface area contributed by atoms with Crippen LogP contribution in [0.2, 0.25) is 0 Å². The Morgan fingerprint density at radius 1 is 1.04 bits per heavy atom. The average molecular weight is 347 g/mol. The summed E-state index contributed by atoms with van der Waals surface area (Å²) in [5.41, 5.74) is 2.59. The first-order valence-electron chi connectivity index (χ1n) is 8.51. The van der Waals surface area contributed by atoms with Gasteiger partial charge in [0.1, 0.15) is 17.3 Å². The van der Waals surface area contributed by atoms with Crippen molar-refractivity contribution in [2.75, 3.05) is 11.9 Å². The van der Waals surface area contributed by atoms with Crippen molar-refractivity contribution in [3.05, 3.63) is 83.6 Å². The van der Waals surface area contributed by atoms with Gasteiger partial charge in [0, 0.05) is 31.5 Å². The monoisotopic (exact) mass is 347 g/mol. The quantitative estimate of drug-likeness (QED) is 0.687. The summed E-state index contributed by atoms with van der Waals surface area (Å²) in [5, 5.41) is 6.12. The van der Waals surface area contributed by atoms with Gasteiger partial charge in [0.2, 0.25) is 0 Å². The van der Waals surface area contributed by atoms with E-state index < -0.39 is 0 Å². The Labute approximate surface area is 152 Å². The molecule has 2 N–H and O–H groups in total. The minimum Gasteiger partial charge on any atom is -0.366 e. The molecule has 6 nitrogen and oxygen atoms in total. The van der Waals surface area contributed by atoms with Gasteiger partial charge in [-0.15, -0.1) is 0 Å². The second-order valence-corrected chi connectivity index (χ2v) is 5.89. The predicted octanol–water partition coefficient (Wildman–Crippen LogP) is 2.76. The number of aromatic nitrogens is 3.